The van der Waals surface area contributed by atoms with E-state index < -0.39 is 0 Å². The minimum Gasteiger partial charge on any atom is -0.335 e. The molecule has 0 aliphatic heterocycles. The zero-order valence-corrected chi connectivity index (χ0v) is 13.1. The molecule has 110 valence electrons. The van der Waals surface area contributed by atoms with Gasteiger partial charge in [0.05, 0.1) is 27.8 Å². The molecule has 5 nitrogen and oxygen atoms in total. The number of benzene rings is 1. The van der Waals surface area contributed by atoms with Crippen molar-refractivity contribution in [2.75, 3.05) is 0 Å². The van der Waals surface area contributed by atoms with Crippen molar-refractivity contribution in [1.82, 2.24) is 24.5 Å². The normalized spacial score (nSPS) is 12.8. The predicted octanol–water partition coefficient (Wildman–Crippen LogP) is 3.80. The van der Waals surface area contributed by atoms with Gasteiger partial charge in [0.25, 0.3) is 0 Å². The number of para-hydroxylation sites is 2. The van der Waals surface area contributed by atoms with E-state index in [0.29, 0.717) is 0 Å². The molecule has 0 unspecified atom stereocenters. The third-order valence-electron chi connectivity index (χ3n) is 3.75. The number of hydrogen-bond donors (Lipinski definition) is 1. The maximum Gasteiger partial charge on any atom is 0.176 e. The Balaban J connectivity index is 1.79. The Morgan fingerprint density at radius 3 is 2.86 bits per heavy atom. The molecule has 1 N–H and O–H groups in total. The van der Waals surface area contributed by atoms with Gasteiger partial charge in [0.15, 0.2) is 11.6 Å². The molecule has 0 aliphatic rings. The molecule has 0 spiro atoms. The summed E-state index contributed by atoms with van der Waals surface area (Å²) in [6.07, 6.45) is 3.78. The van der Waals surface area contributed by atoms with Crippen LogP contribution in [0.5, 0.6) is 0 Å². The van der Waals surface area contributed by atoms with E-state index in [0.717, 1.165) is 33.4 Å². The van der Waals surface area contributed by atoms with Crippen LogP contribution in [-0.2, 0) is 0 Å². The molecule has 0 radical (unpaired) electrons. The first-order valence-corrected chi connectivity index (χ1v) is 8.00. The van der Waals surface area contributed by atoms with E-state index >= 15 is 0 Å². The number of H-pyrrole nitrogens is 1. The molecule has 4 aromatic rings. The minimum atomic E-state index is 0.121. The lowest BCUT2D eigenvalue weighted by Gasteiger charge is -2.13. The van der Waals surface area contributed by atoms with Gasteiger partial charge in [0, 0.05) is 17.8 Å². The molecule has 1 aromatic carbocycles. The van der Waals surface area contributed by atoms with E-state index in [1.807, 2.05) is 37.4 Å². The monoisotopic (exact) mass is 309 g/mol. The van der Waals surface area contributed by atoms with E-state index in [9.17, 15) is 0 Å². The van der Waals surface area contributed by atoms with Gasteiger partial charge in [-0.15, -0.1) is 11.3 Å². The summed E-state index contributed by atoms with van der Waals surface area (Å²) in [5, 5.41) is 3.18. The second-order valence-electron chi connectivity index (χ2n) is 5.23. The summed E-state index contributed by atoms with van der Waals surface area (Å²) in [6, 6.07) is 8.12. The lowest BCUT2D eigenvalue weighted by molar-refractivity contribution is 0.627. The SMILES string of the molecule is Cc1nc([C@H](C)n2ccnc2-c2nc3ccccc3[nH]2)cs1. The Kier molecular flexibility index (Phi) is 3.04. The zero-order chi connectivity index (χ0) is 15.1. The fourth-order valence-corrected chi connectivity index (χ4v) is 3.28. The second-order valence-corrected chi connectivity index (χ2v) is 6.29. The van der Waals surface area contributed by atoms with Crippen molar-refractivity contribution in [3.63, 3.8) is 0 Å². The zero-order valence-electron chi connectivity index (χ0n) is 12.3. The molecule has 0 bridgehead atoms. The van der Waals surface area contributed by atoms with Crippen molar-refractivity contribution in [2.45, 2.75) is 19.9 Å². The van der Waals surface area contributed by atoms with Crippen LogP contribution < -0.4 is 0 Å². The first-order chi connectivity index (χ1) is 10.7. The molecular formula is C16H15N5S. The van der Waals surface area contributed by atoms with Crippen molar-refractivity contribution < 1.29 is 0 Å². The molecule has 0 saturated heterocycles. The average molecular weight is 309 g/mol. The van der Waals surface area contributed by atoms with E-state index in [1.165, 1.54) is 0 Å². The number of aromatic amines is 1. The lowest BCUT2D eigenvalue weighted by Crippen LogP contribution is -2.08. The number of aryl methyl sites for hydroxylation is 1. The Hall–Kier alpha value is -2.47. The summed E-state index contributed by atoms with van der Waals surface area (Å²) in [4.78, 5) is 17.0. The standard InChI is InChI=1S/C16H15N5S/c1-10(14-9-22-11(2)18-14)21-8-7-17-16(21)15-19-12-5-3-4-6-13(12)20-15/h3-10H,1-2H3,(H,19,20)/t10-/m0/s1. The van der Waals surface area contributed by atoms with Crippen LogP contribution in [0.15, 0.2) is 42.0 Å². The van der Waals surface area contributed by atoms with Crippen molar-refractivity contribution in [2.24, 2.45) is 0 Å². The molecule has 0 saturated carbocycles. The molecule has 0 aliphatic carbocycles. The number of imidazole rings is 2. The van der Waals surface area contributed by atoms with E-state index in [4.69, 9.17) is 0 Å². The van der Waals surface area contributed by atoms with Gasteiger partial charge in [-0.25, -0.2) is 15.0 Å². The van der Waals surface area contributed by atoms with Crippen molar-refractivity contribution in [3.8, 4) is 11.6 Å². The number of thiazole rings is 1. The molecule has 3 heterocycles. The van der Waals surface area contributed by atoms with Gasteiger partial charge in [0.2, 0.25) is 0 Å². The quantitative estimate of drug-likeness (QED) is 0.626. The van der Waals surface area contributed by atoms with Crippen LogP contribution in [0.25, 0.3) is 22.7 Å². The van der Waals surface area contributed by atoms with Crippen LogP contribution in [0.2, 0.25) is 0 Å². The number of hydrogen-bond acceptors (Lipinski definition) is 4. The topological polar surface area (TPSA) is 59.4 Å². The summed E-state index contributed by atoms with van der Waals surface area (Å²) < 4.78 is 2.10. The molecule has 22 heavy (non-hydrogen) atoms. The highest BCUT2D eigenvalue weighted by atomic mass is 32.1. The Labute approximate surface area is 131 Å². The summed E-state index contributed by atoms with van der Waals surface area (Å²) in [6.45, 7) is 4.15. The Morgan fingerprint density at radius 2 is 2.09 bits per heavy atom. The molecule has 0 amide bonds. The highest BCUT2D eigenvalue weighted by Crippen LogP contribution is 2.26. The van der Waals surface area contributed by atoms with Gasteiger partial charge < -0.3 is 9.55 Å². The van der Waals surface area contributed by atoms with Gasteiger partial charge >= 0.3 is 0 Å². The van der Waals surface area contributed by atoms with Crippen LogP contribution >= 0.6 is 11.3 Å². The molecule has 0 fully saturated rings. The van der Waals surface area contributed by atoms with Crippen LogP contribution in [0.3, 0.4) is 0 Å². The van der Waals surface area contributed by atoms with Gasteiger partial charge in [0.1, 0.15) is 0 Å². The number of rotatable bonds is 3. The van der Waals surface area contributed by atoms with Crippen LogP contribution in [-0.4, -0.2) is 24.5 Å². The fraction of sp³-hybridized carbons (Fsp3) is 0.188. The number of aromatic nitrogens is 5. The van der Waals surface area contributed by atoms with E-state index in [2.05, 4.69) is 36.8 Å². The maximum absolute atomic E-state index is 4.64. The highest BCUT2D eigenvalue weighted by Gasteiger charge is 2.17. The van der Waals surface area contributed by atoms with Crippen LogP contribution in [0.4, 0.5) is 0 Å². The summed E-state index contributed by atoms with van der Waals surface area (Å²) >= 11 is 1.67. The van der Waals surface area contributed by atoms with Gasteiger partial charge in [-0.05, 0) is 26.0 Å². The van der Waals surface area contributed by atoms with E-state index in [-0.39, 0.29) is 6.04 Å². The molecular weight excluding hydrogens is 294 g/mol. The molecule has 4 rings (SSSR count). The summed E-state index contributed by atoms with van der Waals surface area (Å²) in [5.41, 5.74) is 3.02. The minimum absolute atomic E-state index is 0.121. The third kappa shape index (κ3) is 2.12. The van der Waals surface area contributed by atoms with Crippen LogP contribution in [0.1, 0.15) is 23.7 Å². The molecule has 1 atom stereocenters. The maximum atomic E-state index is 4.64. The van der Waals surface area contributed by atoms with Gasteiger partial charge in [-0.1, -0.05) is 12.1 Å². The summed E-state index contributed by atoms with van der Waals surface area (Å²) in [5.74, 6) is 1.61. The average Bonchev–Trinajstić information content (AvgIpc) is 3.24. The predicted molar refractivity (Wildman–Crippen MR) is 88.0 cm³/mol. The fourth-order valence-electron chi connectivity index (χ4n) is 2.58. The third-order valence-corrected chi connectivity index (χ3v) is 4.54. The highest BCUT2D eigenvalue weighted by molar-refractivity contribution is 7.09. The van der Waals surface area contributed by atoms with Gasteiger partial charge in [-0.2, -0.15) is 0 Å². The number of fused-ring (bicyclic) bond motifs is 1. The first kappa shape index (κ1) is 13.2. The second kappa shape index (κ2) is 5.06. The first-order valence-electron chi connectivity index (χ1n) is 7.12. The molecule has 3 aromatic heterocycles. The number of nitrogens with zero attached hydrogens (tertiary/aromatic N) is 4. The summed E-state index contributed by atoms with van der Waals surface area (Å²) in [7, 11) is 0. The Morgan fingerprint density at radius 1 is 1.23 bits per heavy atom. The van der Waals surface area contributed by atoms with Gasteiger partial charge in [-0.3, -0.25) is 0 Å². The van der Waals surface area contributed by atoms with Crippen molar-refractivity contribution in [1.29, 1.82) is 0 Å². The Bertz CT molecular complexity index is 900. The van der Waals surface area contributed by atoms with Crippen LogP contribution in [0, 0.1) is 6.92 Å². The van der Waals surface area contributed by atoms with E-state index in [1.54, 1.807) is 17.5 Å². The smallest absolute Gasteiger partial charge is 0.176 e. The lowest BCUT2D eigenvalue weighted by atomic mass is 10.2. The largest absolute Gasteiger partial charge is 0.335 e. The van der Waals surface area contributed by atoms with Crippen molar-refractivity contribution in [3.05, 3.63) is 52.7 Å². The molecule has 6 heteroatoms. The number of nitrogens with one attached hydrogen (secondary N) is 1. The van der Waals surface area contributed by atoms with Crippen molar-refractivity contribution >= 4 is 22.4 Å².